The van der Waals surface area contributed by atoms with Crippen LogP contribution in [0.1, 0.15) is 23.8 Å². The van der Waals surface area contributed by atoms with Gasteiger partial charge in [-0.1, -0.05) is 18.5 Å². The summed E-state index contributed by atoms with van der Waals surface area (Å²) in [5.74, 6) is -0.131. The van der Waals surface area contributed by atoms with Crippen molar-refractivity contribution in [1.29, 1.82) is 0 Å². The number of hydrogen-bond donors (Lipinski definition) is 2. The maximum Gasteiger partial charge on any atom is 0.270 e. The summed E-state index contributed by atoms with van der Waals surface area (Å²) < 4.78 is 0.725. The summed E-state index contributed by atoms with van der Waals surface area (Å²) >= 11 is 8.82. The van der Waals surface area contributed by atoms with Crippen LogP contribution in [0.4, 0.5) is 0 Å². The van der Waals surface area contributed by atoms with Crippen molar-refractivity contribution in [3.8, 4) is 9.88 Å². The van der Waals surface area contributed by atoms with E-state index < -0.39 is 0 Å². The average Bonchev–Trinajstić information content (AvgIpc) is 3.06. The highest BCUT2D eigenvalue weighted by Gasteiger charge is 2.12. The third-order valence-corrected chi connectivity index (χ3v) is 4.78. The van der Waals surface area contributed by atoms with Crippen LogP contribution in [0.25, 0.3) is 9.88 Å². The number of rotatable bonds is 7. The largest absolute Gasteiger partial charge is 0.349 e. The Morgan fingerprint density at radius 2 is 2.20 bits per heavy atom. The molecule has 2 heterocycles. The lowest BCUT2D eigenvalue weighted by atomic mass is 10.4. The Hall–Kier alpha value is -0.950. The molecule has 0 spiro atoms. The van der Waals surface area contributed by atoms with E-state index in [1.807, 2.05) is 12.1 Å². The van der Waals surface area contributed by atoms with Gasteiger partial charge in [-0.25, -0.2) is 4.98 Å². The molecule has 0 radical (unpaired) electrons. The molecule has 2 N–H and O–H groups in total. The first kappa shape index (κ1) is 15.4. The minimum absolute atomic E-state index is 0.131. The highest BCUT2D eigenvalue weighted by atomic mass is 35.5. The van der Waals surface area contributed by atoms with Crippen LogP contribution in [0.5, 0.6) is 0 Å². The summed E-state index contributed by atoms with van der Waals surface area (Å²) in [5, 5.41) is 8.68. The van der Waals surface area contributed by atoms with Gasteiger partial charge in [0.1, 0.15) is 10.7 Å². The van der Waals surface area contributed by atoms with Crippen LogP contribution >= 0.6 is 34.3 Å². The van der Waals surface area contributed by atoms with E-state index in [1.54, 1.807) is 5.38 Å². The van der Waals surface area contributed by atoms with Crippen LogP contribution in [0.15, 0.2) is 17.5 Å². The Kier molecular flexibility index (Phi) is 5.97. The van der Waals surface area contributed by atoms with Crippen molar-refractivity contribution in [1.82, 2.24) is 15.6 Å². The summed E-state index contributed by atoms with van der Waals surface area (Å²) in [6.45, 7) is 4.46. The fraction of sp³-hybridized carbons (Fsp3) is 0.385. The molecule has 7 heteroatoms. The van der Waals surface area contributed by atoms with Gasteiger partial charge in [0, 0.05) is 18.5 Å². The second-order valence-electron chi connectivity index (χ2n) is 4.15. The van der Waals surface area contributed by atoms with Gasteiger partial charge in [0.2, 0.25) is 0 Å². The van der Waals surface area contributed by atoms with Crippen molar-refractivity contribution >= 4 is 40.2 Å². The molecule has 0 saturated heterocycles. The lowest BCUT2D eigenvalue weighted by molar-refractivity contribution is 0.0950. The molecule has 0 aliphatic carbocycles. The van der Waals surface area contributed by atoms with Gasteiger partial charge in [0.05, 0.1) is 9.21 Å². The van der Waals surface area contributed by atoms with Crippen LogP contribution in [-0.2, 0) is 0 Å². The Morgan fingerprint density at radius 1 is 1.35 bits per heavy atom. The zero-order valence-corrected chi connectivity index (χ0v) is 13.5. The fourth-order valence-corrected chi connectivity index (χ4v) is 3.49. The SMILES string of the molecule is CCCNCCNC(=O)c1csc(-c2ccc(Cl)s2)n1. The highest BCUT2D eigenvalue weighted by Crippen LogP contribution is 2.32. The Labute approximate surface area is 131 Å². The molecule has 20 heavy (non-hydrogen) atoms. The molecule has 0 atom stereocenters. The van der Waals surface area contributed by atoms with Crippen molar-refractivity contribution in [3.05, 3.63) is 27.5 Å². The molecule has 2 rings (SSSR count). The maximum absolute atomic E-state index is 11.9. The molecular formula is C13H16ClN3OS2. The van der Waals surface area contributed by atoms with E-state index in [1.165, 1.54) is 22.7 Å². The van der Waals surface area contributed by atoms with Gasteiger partial charge in [-0.15, -0.1) is 22.7 Å². The molecular weight excluding hydrogens is 314 g/mol. The molecule has 0 bridgehead atoms. The van der Waals surface area contributed by atoms with E-state index in [2.05, 4.69) is 22.5 Å². The second kappa shape index (κ2) is 7.73. The zero-order valence-electron chi connectivity index (χ0n) is 11.1. The quantitative estimate of drug-likeness (QED) is 0.767. The monoisotopic (exact) mass is 329 g/mol. The van der Waals surface area contributed by atoms with Crippen LogP contribution in [-0.4, -0.2) is 30.5 Å². The normalized spacial score (nSPS) is 10.7. The summed E-state index contributed by atoms with van der Waals surface area (Å²) in [5.41, 5.74) is 0.463. The third-order valence-electron chi connectivity index (χ3n) is 2.53. The van der Waals surface area contributed by atoms with Crippen molar-refractivity contribution in [3.63, 3.8) is 0 Å². The summed E-state index contributed by atoms with van der Waals surface area (Å²) in [7, 11) is 0. The zero-order chi connectivity index (χ0) is 14.4. The lowest BCUT2D eigenvalue weighted by Gasteiger charge is -2.04. The first-order chi connectivity index (χ1) is 9.70. The molecule has 0 fully saturated rings. The molecule has 4 nitrogen and oxygen atoms in total. The predicted molar refractivity (Wildman–Crippen MR) is 85.9 cm³/mol. The first-order valence-electron chi connectivity index (χ1n) is 6.41. The van der Waals surface area contributed by atoms with Gasteiger partial charge in [0.25, 0.3) is 5.91 Å². The number of carbonyl (C=O) groups is 1. The van der Waals surface area contributed by atoms with E-state index in [4.69, 9.17) is 11.6 Å². The van der Waals surface area contributed by atoms with Crippen molar-refractivity contribution < 1.29 is 4.79 Å². The number of halogens is 1. The van der Waals surface area contributed by atoms with Crippen molar-refractivity contribution in [2.24, 2.45) is 0 Å². The lowest BCUT2D eigenvalue weighted by Crippen LogP contribution is -2.32. The minimum Gasteiger partial charge on any atom is -0.349 e. The standard InChI is InChI=1S/C13H16ClN3OS2/c1-2-5-15-6-7-16-12(18)9-8-19-13(17-9)10-3-4-11(14)20-10/h3-4,8,15H,2,5-7H2,1H3,(H,16,18). The number of thiophene rings is 1. The number of hydrogen-bond acceptors (Lipinski definition) is 5. The van der Waals surface area contributed by atoms with Gasteiger partial charge in [-0.05, 0) is 25.1 Å². The highest BCUT2D eigenvalue weighted by molar-refractivity contribution is 7.23. The van der Waals surface area contributed by atoms with E-state index in [9.17, 15) is 4.79 Å². The van der Waals surface area contributed by atoms with Crippen LogP contribution in [0.3, 0.4) is 0 Å². The van der Waals surface area contributed by atoms with Crippen molar-refractivity contribution in [2.45, 2.75) is 13.3 Å². The number of amides is 1. The van der Waals surface area contributed by atoms with Gasteiger partial charge < -0.3 is 10.6 Å². The molecule has 2 aromatic rings. The number of nitrogens with one attached hydrogen (secondary N) is 2. The predicted octanol–water partition coefficient (Wildman–Crippen LogP) is 3.25. The smallest absolute Gasteiger partial charge is 0.270 e. The van der Waals surface area contributed by atoms with Crippen molar-refractivity contribution in [2.75, 3.05) is 19.6 Å². The molecule has 2 aromatic heterocycles. The Balaban J connectivity index is 1.87. The minimum atomic E-state index is -0.131. The summed E-state index contributed by atoms with van der Waals surface area (Å²) in [4.78, 5) is 17.2. The van der Waals surface area contributed by atoms with Gasteiger partial charge in [-0.3, -0.25) is 4.79 Å². The van der Waals surface area contributed by atoms with E-state index in [-0.39, 0.29) is 5.91 Å². The summed E-state index contributed by atoms with van der Waals surface area (Å²) in [6, 6.07) is 3.75. The fourth-order valence-electron chi connectivity index (χ4n) is 1.58. The Bertz CT molecular complexity index is 567. The molecule has 0 aliphatic heterocycles. The molecule has 0 aromatic carbocycles. The average molecular weight is 330 g/mol. The number of aromatic nitrogens is 1. The van der Waals surface area contributed by atoms with Gasteiger partial charge in [-0.2, -0.15) is 0 Å². The Morgan fingerprint density at radius 3 is 2.90 bits per heavy atom. The van der Waals surface area contributed by atoms with E-state index >= 15 is 0 Å². The van der Waals surface area contributed by atoms with Gasteiger partial charge >= 0.3 is 0 Å². The molecule has 0 unspecified atom stereocenters. The number of nitrogens with zero attached hydrogens (tertiary/aromatic N) is 1. The molecule has 0 saturated carbocycles. The van der Waals surface area contributed by atoms with Crippen LogP contribution in [0.2, 0.25) is 4.34 Å². The van der Waals surface area contributed by atoms with Gasteiger partial charge in [0.15, 0.2) is 0 Å². The maximum atomic E-state index is 11.9. The summed E-state index contributed by atoms with van der Waals surface area (Å²) in [6.07, 6.45) is 1.09. The number of carbonyl (C=O) groups excluding carboxylic acids is 1. The van der Waals surface area contributed by atoms with Crippen LogP contribution < -0.4 is 10.6 Å². The van der Waals surface area contributed by atoms with Crippen LogP contribution in [0, 0.1) is 0 Å². The molecule has 1 amide bonds. The second-order valence-corrected chi connectivity index (χ2v) is 6.72. The topological polar surface area (TPSA) is 54.0 Å². The first-order valence-corrected chi connectivity index (χ1v) is 8.48. The molecule has 0 aliphatic rings. The third kappa shape index (κ3) is 4.28. The number of thiazole rings is 1. The van der Waals surface area contributed by atoms with E-state index in [0.717, 1.165) is 33.7 Å². The molecule has 108 valence electrons. The van der Waals surface area contributed by atoms with E-state index in [0.29, 0.717) is 12.2 Å².